The van der Waals surface area contributed by atoms with E-state index in [0.717, 1.165) is 38.9 Å². The van der Waals surface area contributed by atoms with E-state index < -0.39 is 0 Å². The van der Waals surface area contributed by atoms with Crippen molar-refractivity contribution in [3.63, 3.8) is 0 Å². The van der Waals surface area contributed by atoms with Crippen LogP contribution in [0.5, 0.6) is 0 Å². The summed E-state index contributed by atoms with van der Waals surface area (Å²) in [4.78, 5) is 17.6. The van der Waals surface area contributed by atoms with E-state index in [1.54, 1.807) is 11.8 Å². The third-order valence-corrected chi connectivity index (χ3v) is 6.44. The molecule has 0 aliphatic carbocycles. The fourth-order valence-electron chi connectivity index (χ4n) is 4.07. The summed E-state index contributed by atoms with van der Waals surface area (Å²) in [6.45, 7) is 6.77. The van der Waals surface area contributed by atoms with Gasteiger partial charge >= 0.3 is 0 Å². The third-order valence-electron chi connectivity index (χ3n) is 5.59. The zero-order valence-electron chi connectivity index (χ0n) is 19.1. The summed E-state index contributed by atoms with van der Waals surface area (Å²) in [5.74, 6) is 2.44. The highest BCUT2D eigenvalue weighted by Gasteiger charge is 2.20. The molecule has 0 bridgehead atoms. The number of aromatic nitrogens is 8. The van der Waals surface area contributed by atoms with Crippen LogP contribution in [0.1, 0.15) is 38.1 Å². The van der Waals surface area contributed by atoms with Crippen molar-refractivity contribution in [2.75, 3.05) is 5.75 Å². The second kappa shape index (κ2) is 9.22. The van der Waals surface area contributed by atoms with Crippen LogP contribution < -0.4 is 5.56 Å². The second-order valence-corrected chi connectivity index (χ2v) is 9.43. The Morgan fingerprint density at radius 1 is 1.03 bits per heavy atom. The topological polar surface area (TPSA) is 118 Å². The van der Waals surface area contributed by atoms with Crippen molar-refractivity contribution in [1.82, 2.24) is 40.4 Å². The van der Waals surface area contributed by atoms with E-state index in [1.807, 2.05) is 28.8 Å². The van der Waals surface area contributed by atoms with Crippen LogP contribution >= 0.6 is 11.8 Å². The maximum absolute atomic E-state index is 12.8. The van der Waals surface area contributed by atoms with Gasteiger partial charge in [-0.2, -0.15) is 10.3 Å². The normalized spacial score (nSPS) is 11.5. The summed E-state index contributed by atoms with van der Waals surface area (Å²) in [5, 5.41) is 22.1. The Labute approximate surface area is 200 Å². The van der Waals surface area contributed by atoms with Gasteiger partial charge in [0.1, 0.15) is 21.9 Å². The van der Waals surface area contributed by atoms with E-state index in [9.17, 15) is 4.79 Å². The minimum atomic E-state index is -0.222. The van der Waals surface area contributed by atoms with Gasteiger partial charge in [0.05, 0.1) is 0 Å². The Kier molecular flexibility index (Phi) is 5.97. The molecule has 0 unspecified atom stereocenters. The van der Waals surface area contributed by atoms with Crippen LogP contribution in [0.3, 0.4) is 0 Å². The molecule has 0 radical (unpaired) electrons. The largest absolute Gasteiger partial charge is 0.319 e. The van der Waals surface area contributed by atoms with Crippen LogP contribution in [0.4, 0.5) is 0 Å². The molecule has 0 fully saturated rings. The lowest BCUT2D eigenvalue weighted by atomic mass is 9.98. The Balaban J connectivity index is 1.53. The van der Waals surface area contributed by atoms with Crippen LogP contribution in [0.2, 0.25) is 0 Å². The first-order valence-corrected chi connectivity index (χ1v) is 12.1. The molecule has 10 heteroatoms. The average Bonchev–Trinajstić information content (AvgIpc) is 3.51. The number of imidazole rings is 1. The molecule has 3 heterocycles. The standard InChI is InChI=1S/C24H24N8OS/c1-4-34-24-19-20(23(33)28-29-24)32(22(25-19)14(2)3)13-15-9-11-16(12-10-15)17-7-5-6-8-18(17)21-26-30-31-27-21/h5-12,14H,4,13H2,1-3H3,(H,28,33)(H,26,27,30,31). The lowest BCUT2D eigenvalue weighted by molar-refractivity contribution is 0.681. The number of benzene rings is 2. The third kappa shape index (κ3) is 4.01. The van der Waals surface area contributed by atoms with Crippen molar-refractivity contribution < 1.29 is 0 Å². The van der Waals surface area contributed by atoms with E-state index in [2.05, 4.69) is 75.9 Å². The molecule has 0 amide bonds. The highest BCUT2D eigenvalue weighted by molar-refractivity contribution is 7.99. The van der Waals surface area contributed by atoms with Crippen molar-refractivity contribution in [1.29, 1.82) is 0 Å². The first kappa shape index (κ1) is 22.0. The predicted octanol–water partition coefficient (Wildman–Crippen LogP) is 4.25. The number of fused-ring (bicyclic) bond motifs is 1. The number of aromatic amines is 2. The molecule has 0 atom stereocenters. The average molecular weight is 473 g/mol. The molecule has 2 aromatic carbocycles. The number of nitrogens with zero attached hydrogens (tertiary/aromatic N) is 6. The van der Waals surface area contributed by atoms with Gasteiger partial charge in [-0.25, -0.2) is 10.1 Å². The fourth-order valence-corrected chi connectivity index (χ4v) is 4.74. The molecule has 2 N–H and O–H groups in total. The highest BCUT2D eigenvalue weighted by Crippen LogP contribution is 2.31. The van der Waals surface area contributed by atoms with Crippen LogP contribution in [0.25, 0.3) is 33.5 Å². The number of hydrogen-bond donors (Lipinski definition) is 2. The van der Waals surface area contributed by atoms with Gasteiger partial charge in [0.2, 0.25) is 5.82 Å². The van der Waals surface area contributed by atoms with Crippen LogP contribution in [0.15, 0.2) is 58.4 Å². The molecule has 172 valence electrons. The number of nitrogens with one attached hydrogen (secondary N) is 2. The number of hydrogen-bond acceptors (Lipinski definition) is 7. The molecule has 0 aliphatic heterocycles. The van der Waals surface area contributed by atoms with Gasteiger partial charge in [0, 0.05) is 18.0 Å². The van der Waals surface area contributed by atoms with Gasteiger partial charge in [0.25, 0.3) is 5.56 Å². The molecule has 5 aromatic rings. The number of tetrazole rings is 1. The first-order valence-electron chi connectivity index (χ1n) is 11.1. The number of H-pyrrole nitrogens is 2. The molecule has 9 nitrogen and oxygen atoms in total. The van der Waals surface area contributed by atoms with Crippen LogP contribution in [-0.2, 0) is 6.54 Å². The maximum atomic E-state index is 12.8. The monoisotopic (exact) mass is 472 g/mol. The van der Waals surface area contributed by atoms with Crippen LogP contribution in [0, 0.1) is 0 Å². The lowest BCUT2D eigenvalue weighted by Crippen LogP contribution is -2.15. The Morgan fingerprint density at radius 3 is 2.47 bits per heavy atom. The van der Waals surface area contributed by atoms with Crippen molar-refractivity contribution in [3.8, 4) is 22.5 Å². The van der Waals surface area contributed by atoms with Gasteiger partial charge in [0.15, 0.2) is 0 Å². The van der Waals surface area contributed by atoms with Gasteiger partial charge in [-0.15, -0.1) is 22.0 Å². The molecule has 0 saturated carbocycles. The maximum Gasteiger partial charge on any atom is 0.290 e. The molecule has 0 saturated heterocycles. The molecule has 34 heavy (non-hydrogen) atoms. The van der Waals surface area contributed by atoms with Gasteiger partial charge < -0.3 is 4.57 Å². The molecule has 0 aliphatic rings. The molecule has 3 aromatic heterocycles. The van der Waals surface area contributed by atoms with Gasteiger partial charge in [-0.1, -0.05) is 69.3 Å². The SMILES string of the molecule is CCSc1n[nH]c(=O)c2c1nc(C(C)C)n2Cc1ccc(-c2ccccc2-c2nn[nH]n2)cc1. The Morgan fingerprint density at radius 2 is 1.79 bits per heavy atom. The zero-order valence-corrected chi connectivity index (χ0v) is 19.9. The minimum absolute atomic E-state index is 0.160. The van der Waals surface area contributed by atoms with Crippen molar-refractivity contribution in [3.05, 3.63) is 70.3 Å². The molecule has 0 spiro atoms. The van der Waals surface area contributed by atoms with E-state index >= 15 is 0 Å². The number of rotatable bonds is 7. The molecular formula is C24H24N8OS. The van der Waals surface area contributed by atoms with Gasteiger partial charge in [-0.3, -0.25) is 4.79 Å². The summed E-state index contributed by atoms with van der Waals surface area (Å²) in [6.07, 6.45) is 0. The van der Waals surface area contributed by atoms with Gasteiger partial charge in [-0.05, 0) is 27.7 Å². The minimum Gasteiger partial charge on any atom is -0.319 e. The quantitative estimate of drug-likeness (QED) is 0.340. The first-order chi connectivity index (χ1) is 16.6. The van der Waals surface area contributed by atoms with Crippen molar-refractivity contribution >= 4 is 22.8 Å². The summed E-state index contributed by atoms with van der Waals surface area (Å²) < 4.78 is 2.02. The Bertz CT molecular complexity index is 1490. The summed E-state index contributed by atoms with van der Waals surface area (Å²) >= 11 is 1.58. The summed E-state index contributed by atoms with van der Waals surface area (Å²) in [7, 11) is 0. The highest BCUT2D eigenvalue weighted by atomic mass is 32.2. The zero-order chi connectivity index (χ0) is 23.7. The van der Waals surface area contributed by atoms with E-state index in [-0.39, 0.29) is 11.5 Å². The van der Waals surface area contributed by atoms with Crippen molar-refractivity contribution in [2.45, 2.75) is 38.3 Å². The molecule has 5 rings (SSSR count). The van der Waals surface area contributed by atoms with Crippen molar-refractivity contribution in [2.24, 2.45) is 0 Å². The summed E-state index contributed by atoms with van der Waals surface area (Å²) in [6, 6.07) is 16.3. The smallest absolute Gasteiger partial charge is 0.290 e. The second-order valence-electron chi connectivity index (χ2n) is 8.18. The number of thioether (sulfide) groups is 1. The summed E-state index contributed by atoms with van der Waals surface area (Å²) in [5.41, 5.74) is 5.07. The van der Waals surface area contributed by atoms with E-state index in [4.69, 9.17) is 4.98 Å². The van der Waals surface area contributed by atoms with Crippen LogP contribution in [-0.4, -0.2) is 46.1 Å². The molecular weight excluding hydrogens is 448 g/mol. The lowest BCUT2D eigenvalue weighted by Gasteiger charge is -2.12. The van der Waals surface area contributed by atoms with E-state index in [0.29, 0.717) is 23.4 Å². The Hall–Kier alpha value is -3.79. The van der Waals surface area contributed by atoms with E-state index in [1.165, 1.54) is 0 Å². The fraction of sp³-hybridized carbons (Fsp3) is 0.250. The predicted molar refractivity (Wildman–Crippen MR) is 133 cm³/mol.